The Labute approximate surface area is 238 Å². The van der Waals surface area contributed by atoms with Crippen molar-refractivity contribution in [2.45, 2.75) is 39.8 Å². The molecule has 9 heteroatoms. The Morgan fingerprint density at radius 1 is 1.08 bits per heavy atom. The smallest absolute Gasteiger partial charge is 0.226 e. The quantitative estimate of drug-likeness (QED) is 0.230. The summed E-state index contributed by atoms with van der Waals surface area (Å²) in [7, 11) is 0. The fourth-order valence-corrected chi connectivity index (χ4v) is 5.64. The number of benzene rings is 2. The Hall–Kier alpha value is -3.88. The molecule has 7 nitrogen and oxygen atoms in total. The van der Waals surface area contributed by atoms with Gasteiger partial charge in [0.2, 0.25) is 5.91 Å². The SMILES string of the molecule is Cc1cc([C@@H]2[C@@H](c3ccccn3)NC(=S)N2c2ccc(NC(=O)C(C)C)c(Cl)c2)c(C)n1-c1ccc(O)cc1. The summed E-state index contributed by atoms with van der Waals surface area (Å²) in [6.45, 7) is 7.82. The van der Waals surface area contributed by atoms with Gasteiger partial charge >= 0.3 is 0 Å². The molecule has 2 aromatic carbocycles. The molecule has 3 N–H and O–H groups in total. The Morgan fingerprint density at radius 3 is 2.44 bits per heavy atom. The number of rotatable bonds is 6. The first kappa shape index (κ1) is 26.7. The van der Waals surface area contributed by atoms with Crippen molar-refractivity contribution in [2.24, 2.45) is 5.92 Å². The fourth-order valence-electron chi connectivity index (χ4n) is 5.07. The molecule has 1 fully saturated rings. The molecule has 0 saturated carbocycles. The van der Waals surface area contributed by atoms with Gasteiger partial charge < -0.3 is 25.2 Å². The van der Waals surface area contributed by atoms with Crippen LogP contribution in [0.4, 0.5) is 11.4 Å². The minimum Gasteiger partial charge on any atom is -0.508 e. The molecule has 1 saturated heterocycles. The van der Waals surface area contributed by atoms with E-state index in [0.717, 1.165) is 34.0 Å². The molecule has 0 bridgehead atoms. The lowest BCUT2D eigenvalue weighted by atomic mass is 9.96. The van der Waals surface area contributed by atoms with Crippen molar-refractivity contribution < 1.29 is 9.90 Å². The molecule has 200 valence electrons. The van der Waals surface area contributed by atoms with Crippen LogP contribution in [0.3, 0.4) is 0 Å². The number of halogens is 1. The van der Waals surface area contributed by atoms with Crippen LogP contribution in [-0.4, -0.2) is 25.7 Å². The summed E-state index contributed by atoms with van der Waals surface area (Å²) in [5.41, 5.74) is 6.36. The summed E-state index contributed by atoms with van der Waals surface area (Å²) in [6.07, 6.45) is 1.78. The third-order valence-corrected chi connectivity index (χ3v) is 7.64. The van der Waals surface area contributed by atoms with Gasteiger partial charge in [-0.05, 0) is 92.3 Å². The summed E-state index contributed by atoms with van der Waals surface area (Å²) >= 11 is 12.6. The second kappa shape index (κ2) is 10.7. The van der Waals surface area contributed by atoms with Crippen molar-refractivity contribution in [3.63, 3.8) is 0 Å². The van der Waals surface area contributed by atoms with E-state index in [-0.39, 0.29) is 29.7 Å². The lowest BCUT2D eigenvalue weighted by molar-refractivity contribution is -0.118. The summed E-state index contributed by atoms with van der Waals surface area (Å²) in [5.74, 6) is -0.0423. The molecular formula is C30H30ClN5O2S. The van der Waals surface area contributed by atoms with Gasteiger partial charge in [-0.2, -0.15) is 0 Å². The zero-order valence-corrected chi connectivity index (χ0v) is 23.7. The van der Waals surface area contributed by atoms with E-state index >= 15 is 0 Å². The van der Waals surface area contributed by atoms with Gasteiger partial charge in [0.25, 0.3) is 0 Å². The van der Waals surface area contributed by atoms with Crippen LogP contribution in [0.15, 0.2) is 72.9 Å². The van der Waals surface area contributed by atoms with Crippen LogP contribution in [0.2, 0.25) is 5.02 Å². The number of thiocarbonyl (C=S) groups is 1. The average Bonchev–Trinajstić information content (AvgIpc) is 3.41. The predicted molar refractivity (Wildman–Crippen MR) is 160 cm³/mol. The van der Waals surface area contributed by atoms with Gasteiger partial charge in [0.05, 0.1) is 28.5 Å². The Kier molecular flexibility index (Phi) is 7.34. The zero-order chi connectivity index (χ0) is 27.8. The molecule has 5 rings (SSSR count). The first-order chi connectivity index (χ1) is 18.7. The zero-order valence-electron chi connectivity index (χ0n) is 22.1. The van der Waals surface area contributed by atoms with Crippen molar-refractivity contribution in [3.05, 3.63) is 101 Å². The first-order valence-electron chi connectivity index (χ1n) is 12.7. The standard InChI is InChI=1S/C30H30ClN5O2S/c1-17(2)29(38)33-25-13-10-21(16-24(25)31)36-28(27(34-30(36)39)26-7-5-6-14-32-26)23-15-18(3)35(19(23)4)20-8-11-22(37)12-9-20/h5-17,27-28,37H,1-4H3,(H,33,38)(H,34,39)/t27-,28-/m1/s1. The Morgan fingerprint density at radius 2 is 1.79 bits per heavy atom. The van der Waals surface area contributed by atoms with Crippen molar-refractivity contribution in [1.82, 2.24) is 14.9 Å². The van der Waals surface area contributed by atoms with Gasteiger partial charge in [0.15, 0.2) is 5.11 Å². The highest BCUT2D eigenvalue weighted by Gasteiger charge is 2.42. The van der Waals surface area contributed by atoms with Crippen LogP contribution in [0.1, 0.15) is 48.6 Å². The maximum absolute atomic E-state index is 12.3. The van der Waals surface area contributed by atoms with Gasteiger partial charge in [-0.25, -0.2) is 0 Å². The minimum atomic E-state index is -0.225. The number of hydrogen-bond acceptors (Lipinski definition) is 4. The molecule has 0 spiro atoms. The summed E-state index contributed by atoms with van der Waals surface area (Å²) in [6, 6.07) is 20.3. The number of amides is 1. The van der Waals surface area contributed by atoms with E-state index in [0.29, 0.717) is 15.8 Å². The van der Waals surface area contributed by atoms with Crippen LogP contribution in [0, 0.1) is 19.8 Å². The number of nitrogens with zero attached hydrogens (tertiary/aromatic N) is 3. The largest absolute Gasteiger partial charge is 0.508 e. The summed E-state index contributed by atoms with van der Waals surface area (Å²) in [4.78, 5) is 19.0. The van der Waals surface area contributed by atoms with Crippen molar-refractivity contribution >= 4 is 46.2 Å². The number of nitrogens with one attached hydrogen (secondary N) is 2. The van der Waals surface area contributed by atoms with Crippen LogP contribution >= 0.6 is 23.8 Å². The number of aromatic nitrogens is 2. The fraction of sp³-hybridized carbons (Fsp3) is 0.233. The van der Waals surface area contributed by atoms with Crippen molar-refractivity contribution in [1.29, 1.82) is 0 Å². The third-order valence-electron chi connectivity index (χ3n) is 7.01. The molecule has 1 aliphatic heterocycles. The molecule has 1 amide bonds. The highest BCUT2D eigenvalue weighted by atomic mass is 35.5. The highest BCUT2D eigenvalue weighted by Crippen LogP contribution is 2.44. The molecule has 0 aliphatic carbocycles. The van der Waals surface area contributed by atoms with Gasteiger partial charge in [-0.15, -0.1) is 0 Å². The topological polar surface area (TPSA) is 82.4 Å². The Balaban J connectivity index is 1.61. The predicted octanol–water partition coefficient (Wildman–Crippen LogP) is 6.62. The molecule has 1 aliphatic rings. The lowest BCUT2D eigenvalue weighted by Gasteiger charge is -2.28. The molecule has 2 atom stereocenters. The van der Waals surface area contributed by atoms with E-state index in [9.17, 15) is 9.90 Å². The van der Waals surface area contributed by atoms with Crippen LogP contribution in [0.5, 0.6) is 5.75 Å². The van der Waals surface area contributed by atoms with Crippen molar-refractivity contribution in [2.75, 3.05) is 10.2 Å². The van der Waals surface area contributed by atoms with E-state index in [4.69, 9.17) is 23.8 Å². The number of aromatic hydroxyl groups is 1. The number of carbonyl (C=O) groups is 1. The van der Waals surface area contributed by atoms with Gasteiger partial charge in [0, 0.05) is 34.9 Å². The van der Waals surface area contributed by atoms with E-state index < -0.39 is 0 Å². The van der Waals surface area contributed by atoms with Crippen LogP contribution in [0.25, 0.3) is 5.69 Å². The molecular weight excluding hydrogens is 530 g/mol. The highest BCUT2D eigenvalue weighted by molar-refractivity contribution is 7.80. The van der Waals surface area contributed by atoms with Gasteiger partial charge in [-0.3, -0.25) is 9.78 Å². The van der Waals surface area contributed by atoms with Crippen LogP contribution in [-0.2, 0) is 4.79 Å². The molecule has 4 aromatic rings. The molecule has 0 unspecified atom stereocenters. The van der Waals surface area contributed by atoms with E-state index in [2.05, 4.69) is 45.0 Å². The number of aryl methyl sites for hydroxylation is 1. The Bertz CT molecular complexity index is 1540. The molecule has 0 radical (unpaired) electrons. The minimum absolute atomic E-state index is 0.0993. The van der Waals surface area contributed by atoms with Gasteiger partial charge in [-0.1, -0.05) is 31.5 Å². The van der Waals surface area contributed by atoms with Crippen molar-refractivity contribution in [3.8, 4) is 11.4 Å². The molecule has 39 heavy (non-hydrogen) atoms. The van der Waals surface area contributed by atoms with Gasteiger partial charge in [0.1, 0.15) is 5.75 Å². The number of carbonyl (C=O) groups excluding carboxylic acids is 1. The molecule has 3 heterocycles. The number of phenolic OH excluding ortho intramolecular Hbond substituents is 1. The lowest BCUT2D eigenvalue weighted by Crippen LogP contribution is -2.29. The number of anilines is 2. The number of pyridine rings is 1. The normalized spacial score (nSPS) is 17.0. The molecule has 2 aromatic heterocycles. The average molecular weight is 560 g/mol. The monoisotopic (exact) mass is 559 g/mol. The summed E-state index contributed by atoms with van der Waals surface area (Å²) < 4.78 is 2.17. The maximum Gasteiger partial charge on any atom is 0.226 e. The second-order valence-corrected chi connectivity index (χ2v) is 10.8. The summed E-state index contributed by atoms with van der Waals surface area (Å²) in [5, 5.41) is 17.2. The second-order valence-electron chi connectivity index (χ2n) is 9.98. The number of hydrogen-bond donors (Lipinski definition) is 3. The number of phenols is 1. The van der Waals surface area contributed by atoms with E-state index in [1.54, 1.807) is 18.3 Å². The van der Waals surface area contributed by atoms with Crippen LogP contribution < -0.4 is 15.5 Å². The third kappa shape index (κ3) is 5.10. The van der Waals surface area contributed by atoms with E-state index in [1.165, 1.54) is 0 Å². The first-order valence-corrected chi connectivity index (χ1v) is 13.5. The van der Waals surface area contributed by atoms with E-state index in [1.807, 2.05) is 62.4 Å². The maximum atomic E-state index is 12.3.